The van der Waals surface area contributed by atoms with Gasteiger partial charge in [0, 0.05) is 24.0 Å². The van der Waals surface area contributed by atoms with Gasteiger partial charge < -0.3 is 10.2 Å². The second kappa shape index (κ2) is 6.55. The first-order valence-electron chi connectivity index (χ1n) is 9.20. The lowest BCUT2D eigenvalue weighted by atomic mass is 9.85. The smallest absolute Gasteiger partial charge is 0.272 e. The van der Waals surface area contributed by atoms with Gasteiger partial charge in [0.15, 0.2) is 5.69 Å². The molecular formula is C19H26N4O. The molecular weight excluding hydrogens is 300 g/mol. The fourth-order valence-corrected chi connectivity index (χ4v) is 4.06. The van der Waals surface area contributed by atoms with Crippen molar-refractivity contribution < 1.29 is 4.79 Å². The van der Waals surface area contributed by atoms with Gasteiger partial charge in [0.2, 0.25) is 0 Å². The van der Waals surface area contributed by atoms with Crippen molar-refractivity contribution >= 4 is 16.8 Å². The lowest BCUT2D eigenvalue weighted by Crippen LogP contribution is -2.50. The van der Waals surface area contributed by atoms with Gasteiger partial charge in [0.1, 0.15) is 0 Å². The molecule has 2 heterocycles. The van der Waals surface area contributed by atoms with E-state index in [1.54, 1.807) is 0 Å². The SMILES string of the molecule is CC(NC(=O)c1n[nH]c2ccccc12)C1CCCN(C2CCC2)C1. The maximum absolute atomic E-state index is 12.6. The lowest BCUT2D eigenvalue weighted by Gasteiger charge is -2.43. The van der Waals surface area contributed by atoms with E-state index in [1.165, 1.54) is 38.6 Å². The largest absolute Gasteiger partial charge is 0.348 e. The molecule has 4 rings (SSSR count). The summed E-state index contributed by atoms with van der Waals surface area (Å²) in [6.45, 7) is 4.49. The number of nitrogens with zero attached hydrogens (tertiary/aromatic N) is 2. The summed E-state index contributed by atoms with van der Waals surface area (Å²) in [4.78, 5) is 15.3. The van der Waals surface area contributed by atoms with Crippen molar-refractivity contribution in [1.29, 1.82) is 0 Å². The molecule has 0 radical (unpaired) electrons. The minimum Gasteiger partial charge on any atom is -0.348 e. The van der Waals surface area contributed by atoms with Gasteiger partial charge in [-0.05, 0) is 51.1 Å². The number of para-hydroxylation sites is 1. The molecule has 1 aromatic heterocycles. The molecule has 2 fully saturated rings. The normalized spacial score (nSPS) is 23.8. The Balaban J connectivity index is 1.41. The predicted octanol–water partition coefficient (Wildman–Crippen LogP) is 2.95. The van der Waals surface area contributed by atoms with Gasteiger partial charge in [0.05, 0.1) is 5.52 Å². The van der Waals surface area contributed by atoms with Crippen molar-refractivity contribution in [2.45, 2.75) is 51.1 Å². The van der Waals surface area contributed by atoms with Crippen molar-refractivity contribution in [2.75, 3.05) is 13.1 Å². The molecule has 0 spiro atoms. The predicted molar refractivity (Wildman–Crippen MR) is 95.0 cm³/mol. The number of rotatable bonds is 4. The Bertz CT molecular complexity index is 721. The number of H-pyrrole nitrogens is 1. The average Bonchev–Trinajstić information content (AvgIpc) is 2.97. The van der Waals surface area contributed by atoms with E-state index in [-0.39, 0.29) is 11.9 Å². The Hall–Kier alpha value is -1.88. The van der Waals surface area contributed by atoms with Gasteiger partial charge in [-0.1, -0.05) is 24.6 Å². The van der Waals surface area contributed by atoms with Gasteiger partial charge in [-0.15, -0.1) is 0 Å². The first-order chi connectivity index (χ1) is 11.7. The highest BCUT2D eigenvalue weighted by Gasteiger charge is 2.32. The zero-order chi connectivity index (χ0) is 16.5. The Morgan fingerprint density at radius 1 is 1.29 bits per heavy atom. The summed E-state index contributed by atoms with van der Waals surface area (Å²) in [5.74, 6) is 0.467. The first-order valence-corrected chi connectivity index (χ1v) is 9.20. The van der Waals surface area contributed by atoms with Gasteiger partial charge >= 0.3 is 0 Å². The minimum absolute atomic E-state index is 0.0688. The number of fused-ring (bicyclic) bond motifs is 1. The fraction of sp³-hybridized carbons (Fsp3) is 0.579. The third-order valence-electron chi connectivity index (χ3n) is 5.83. The monoisotopic (exact) mass is 326 g/mol. The van der Waals surface area contributed by atoms with Crippen LogP contribution in [0.2, 0.25) is 0 Å². The van der Waals surface area contributed by atoms with E-state index < -0.39 is 0 Å². The Morgan fingerprint density at radius 3 is 2.92 bits per heavy atom. The van der Waals surface area contributed by atoms with Crippen LogP contribution in [0.3, 0.4) is 0 Å². The van der Waals surface area contributed by atoms with E-state index in [2.05, 4.69) is 27.3 Å². The number of piperidine rings is 1. The second-order valence-electron chi connectivity index (χ2n) is 7.36. The van der Waals surface area contributed by atoms with E-state index in [0.29, 0.717) is 11.6 Å². The molecule has 1 saturated carbocycles. The second-order valence-corrected chi connectivity index (χ2v) is 7.36. The van der Waals surface area contributed by atoms with Crippen LogP contribution < -0.4 is 5.32 Å². The van der Waals surface area contributed by atoms with Crippen LogP contribution in [0.15, 0.2) is 24.3 Å². The molecule has 1 saturated heterocycles. The molecule has 1 aromatic carbocycles. The molecule has 2 aliphatic rings. The van der Waals surface area contributed by atoms with Crippen molar-refractivity contribution in [3.8, 4) is 0 Å². The molecule has 2 aromatic rings. The molecule has 24 heavy (non-hydrogen) atoms. The molecule has 1 aliphatic heterocycles. The summed E-state index contributed by atoms with van der Waals surface area (Å²) in [5.41, 5.74) is 1.41. The van der Waals surface area contributed by atoms with Crippen LogP contribution in [0.4, 0.5) is 0 Å². The Kier molecular flexibility index (Phi) is 4.27. The topological polar surface area (TPSA) is 61.0 Å². The quantitative estimate of drug-likeness (QED) is 0.908. The molecule has 2 atom stereocenters. The van der Waals surface area contributed by atoms with Crippen LogP contribution >= 0.6 is 0 Å². The number of carbonyl (C=O) groups excluding carboxylic acids is 1. The maximum atomic E-state index is 12.6. The van der Waals surface area contributed by atoms with Crippen LogP contribution in [-0.2, 0) is 0 Å². The van der Waals surface area contributed by atoms with E-state index >= 15 is 0 Å². The highest BCUT2D eigenvalue weighted by Crippen LogP contribution is 2.30. The molecule has 0 bridgehead atoms. The van der Waals surface area contributed by atoms with Crippen molar-refractivity contribution in [3.05, 3.63) is 30.0 Å². The molecule has 128 valence electrons. The van der Waals surface area contributed by atoms with Crippen LogP contribution in [0.5, 0.6) is 0 Å². The van der Waals surface area contributed by atoms with Gasteiger partial charge in [-0.3, -0.25) is 9.89 Å². The van der Waals surface area contributed by atoms with Crippen LogP contribution in [0.1, 0.15) is 49.5 Å². The fourth-order valence-electron chi connectivity index (χ4n) is 4.06. The third kappa shape index (κ3) is 2.93. The van der Waals surface area contributed by atoms with Crippen LogP contribution in [0, 0.1) is 5.92 Å². The summed E-state index contributed by atoms with van der Waals surface area (Å²) in [5, 5.41) is 11.2. The summed E-state index contributed by atoms with van der Waals surface area (Å²) in [7, 11) is 0. The maximum Gasteiger partial charge on any atom is 0.272 e. The Morgan fingerprint density at radius 2 is 2.12 bits per heavy atom. The molecule has 1 aliphatic carbocycles. The third-order valence-corrected chi connectivity index (χ3v) is 5.83. The molecule has 2 unspecified atom stereocenters. The number of likely N-dealkylation sites (tertiary alicyclic amines) is 1. The number of amides is 1. The summed E-state index contributed by atoms with van der Waals surface area (Å²) in [6.07, 6.45) is 6.53. The molecule has 5 heteroatoms. The summed E-state index contributed by atoms with van der Waals surface area (Å²) in [6, 6.07) is 8.75. The molecule has 5 nitrogen and oxygen atoms in total. The van der Waals surface area contributed by atoms with Gasteiger partial charge in [-0.2, -0.15) is 5.10 Å². The highest BCUT2D eigenvalue weighted by molar-refractivity contribution is 6.04. The average molecular weight is 326 g/mol. The zero-order valence-corrected chi connectivity index (χ0v) is 14.3. The number of aromatic amines is 1. The summed E-state index contributed by atoms with van der Waals surface area (Å²) >= 11 is 0. The van der Waals surface area contributed by atoms with E-state index in [9.17, 15) is 4.79 Å². The summed E-state index contributed by atoms with van der Waals surface area (Å²) < 4.78 is 0. The number of aromatic nitrogens is 2. The number of hydrogen-bond donors (Lipinski definition) is 2. The van der Waals surface area contributed by atoms with Gasteiger partial charge in [0.25, 0.3) is 5.91 Å². The highest BCUT2D eigenvalue weighted by atomic mass is 16.2. The van der Waals surface area contributed by atoms with Crippen molar-refractivity contribution in [3.63, 3.8) is 0 Å². The molecule has 2 N–H and O–H groups in total. The first kappa shape index (κ1) is 15.6. The standard InChI is InChI=1S/C19H26N4O/c1-13(14-6-5-11-23(12-14)15-7-4-8-15)20-19(24)18-16-9-2-3-10-17(16)21-22-18/h2-3,9-10,13-15H,4-8,11-12H2,1H3,(H,20,24)(H,21,22). The van der Waals surface area contributed by atoms with Crippen LogP contribution in [-0.4, -0.2) is 46.2 Å². The van der Waals surface area contributed by atoms with Crippen LogP contribution in [0.25, 0.3) is 10.9 Å². The number of nitrogens with one attached hydrogen (secondary N) is 2. The van der Waals surface area contributed by atoms with Crippen molar-refractivity contribution in [2.24, 2.45) is 5.92 Å². The lowest BCUT2D eigenvalue weighted by molar-refractivity contribution is 0.0634. The number of hydrogen-bond acceptors (Lipinski definition) is 3. The van der Waals surface area contributed by atoms with E-state index in [4.69, 9.17) is 0 Å². The van der Waals surface area contributed by atoms with Gasteiger partial charge in [-0.25, -0.2) is 0 Å². The Labute approximate surface area is 142 Å². The number of carbonyl (C=O) groups is 1. The van der Waals surface area contributed by atoms with Crippen molar-refractivity contribution in [1.82, 2.24) is 20.4 Å². The van der Waals surface area contributed by atoms with E-state index in [1.807, 2.05) is 24.3 Å². The molecule has 1 amide bonds. The minimum atomic E-state index is -0.0688. The zero-order valence-electron chi connectivity index (χ0n) is 14.3. The van der Waals surface area contributed by atoms with E-state index in [0.717, 1.165) is 23.5 Å². The number of benzene rings is 1.